The van der Waals surface area contributed by atoms with Crippen LogP contribution < -0.4 is 10.1 Å². The molecule has 1 aliphatic heterocycles. The van der Waals surface area contributed by atoms with Crippen LogP contribution in [0.25, 0.3) is 0 Å². The maximum atomic E-state index is 11.1. The first-order valence-corrected chi connectivity index (χ1v) is 8.03. The average molecular weight is 322 g/mol. The Labute approximate surface area is 140 Å². The fraction of sp³-hybridized carbons (Fsp3) is 0.263. The lowest BCUT2D eigenvalue weighted by molar-refractivity contribution is -0.384. The van der Waals surface area contributed by atoms with E-state index in [-0.39, 0.29) is 22.6 Å². The zero-order valence-electron chi connectivity index (χ0n) is 13.3. The van der Waals surface area contributed by atoms with Gasteiger partial charge in [0.15, 0.2) is 0 Å². The molecule has 0 saturated heterocycles. The number of ether oxygens (including phenoxy) is 1. The van der Waals surface area contributed by atoms with E-state index < -0.39 is 0 Å². The van der Waals surface area contributed by atoms with E-state index in [9.17, 15) is 10.1 Å². The van der Waals surface area contributed by atoms with Crippen molar-refractivity contribution in [3.8, 4) is 5.75 Å². The number of anilines is 1. The van der Waals surface area contributed by atoms with Gasteiger partial charge in [-0.3, -0.25) is 10.1 Å². The smallest absolute Gasteiger partial charge is 0.269 e. The number of allylic oxidation sites excluding steroid dienone is 2. The number of fused-ring (bicyclic) bond motifs is 3. The van der Waals surface area contributed by atoms with Gasteiger partial charge in [-0.25, -0.2) is 0 Å². The molecule has 2 aromatic rings. The molecule has 5 heteroatoms. The molecule has 24 heavy (non-hydrogen) atoms. The number of nitro groups is 1. The number of nitrogens with zero attached hydrogens (tertiary/aromatic N) is 1. The molecule has 0 amide bonds. The van der Waals surface area contributed by atoms with Gasteiger partial charge >= 0.3 is 0 Å². The molecule has 0 radical (unpaired) electrons. The average Bonchev–Trinajstić information content (AvgIpc) is 3.10. The van der Waals surface area contributed by atoms with Crippen molar-refractivity contribution in [1.82, 2.24) is 0 Å². The first kappa shape index (κ1) is 14.8. The minimum absolute atomic E-state index is 0.120. The van der Waals surface area contributed by atoms with E-state index in [0.29, 0.717) is 5.92 Å². The summed E-state index contributed by atoms with van der Waals surface area (Å²) in [5.41, 5.74) is 3.24. The van der Waals surface area contributed by atoms with Gasteiger partial charge in [0.25, 0.3) is 5.69 Å². The van der Waals surface area contributed by atoms with Crippen molar-refractivity contribution < 1.29 is 9.66 Å². The zero-order chi connectivity index (χ0) is 16.7. The molecule has 122 valence electrons. The summed E-state index contributed by atoms with van der Waals surface area (Å²) in [5.74, 6) is 1.39. The van der Waals surface area contributed by atoms with Crippen LogP contribution in [0, 0.1) is 16.0 Å². The van der Waals surface area contributed by atoms with Crippen LogP contribution in [0.2, 0.25) is 0 Å². The Morgan fingerprint density at radius 1 is 1.21 bits per heavy atom. The van der Waals surface area contributed by atoms with Gasteiger partial charge in [0.2, 0.25) is 0 Å². The Hall–Kier alpha value is -2.82. The van der Waals surface area contributed by atoms with E-state index >= 15 is 0 Å². The molecule has 5 nitrogen and oxygen atoms in total. The molecule has 1 heterocycles. The second-order valence-electron chi connectivity index (χ2n) is 6.25. The summed E-state index contributed by atoms with van der Waals surface area (Å²) >= 11 is 0. The maximum Gasteiger partial charge on any atom is 0.269 e. The van der Waals surface area contributed by atoms with Crippen molar-refractivity contribution in [3.63, 3.8) is 0 Å². The van der Waals surface area contributed by atoms with Crippen LogP contribution in [0.15, 0.2) is 54.6 Å². The first-order valence-electron chi connectivity index (χ1n) is 8.03. The Bertz CT molecular complexity index is 831. The standard InChI is InChI=1S/C19H18N2O3/c1-24-18-8-3-2-5-15(18)19-14-7-4-6-13(14)16-11-12(21(22)23)9-10-17(16)20-19/h2-6,8-11,13-14,19-20H,7H2,1H3/t13-,14+,19+/m0/s1. The molecule has 3 atom stereocenters. The predicted molar refractivity (Wildman–Crippen MR) is 92.4 cm³/mol. The van der Waals surface area contributed by atoms with Crippen LogP contribution >= 0.6 is 0 Å². The number of nitrogens with one attached hydrogen (secondary N) is 1. The minimum Gasteiger partial charge on any atom is -0.496 e. The van der Waals surface area contributed by atoms with Crippen molar-refractivity contribution in [3.05, 3.63) is 75.9 Å². The monoisotopic (exact) mass is 322 g/mol. The molecule has 2 aromatic carbocycles. The molecule has 1 aliphatic carbocycles. The molecule has 0 fully saturated rings. The maximum absolute atomic E-state index is 11.1. The molecule has 1 N–H and O–H groups in total. The van der Waals surface area contributed by atoms with E-state index in [1.165, 1.54) is 0 Å². The molecular formula is C19H18N2O3. The van der Waals surface area contributed by atoms with Crippen LogP contribution in [0.3, 0.4) is 0 Å². The van der Waals surface area contributed by atoms with Crippen molar-refractivity contribution in [2.75, 3.05) is 12.4 Å². The molecular weight excluding hydrogens is 304 g/mol. The number of rotatable bonds is 3. The number of hydrogen-bond donors (Lipinski definition) is 1. The summed E-state index contributed by atoms with van der Waals surface area (Å²) in [6, 6.07) is 13.2. The van der Waals surface area contributed by atoms with E-state index in [1.54, 1.807) is 19.2 Å². The van der Waals surface area contributed by atoms with Gasteiger partial charge < -0.3 is 10.1 Å². The van der Waals surface area contributed by atoms with Gasteiger partial charge in [0, 0.05) is 29.3 Å². The van der Waals surface area contributed by atoms with Gasteiger partial charge in [0.1, 0.15) is 5.75 Å². The Balaban J connectivity index is 1.80. The van der Waals surface area contributed by atoms with E-state index in [0.717, 1.165) is 29.0 Å². The number of hydrogen-bond acceptors (Lipinski definition) is 4. The minimum atomic E-state index is -0.333. The number of methoxy groups -OCH3 is 1. The molecule has 2 aliphatic rings. The SMILES string of the molecule is COc1ccccc1[C@@H]1Nc2ccc([N+](=O)[O-])cc2[C@H]2C=CC[C@H]21. The highest BCUT2D eigenvalue weighted by Gasteiger charge is 2.39. The lowest BCUT2D eigenvalue weighted by Crippen LogP contribution is -2.29. The van der Waals surface area contributed by atoms with Gasteiger partial charge in [-0.05, 0) is 30.0 Å². The van der Waals surface area contributed by atoms with Gasteiger partial charge in [0.05, 0.1) is 18.1 Å². The van der Waals surface area contributed by atoms with Crippen LogP contribution in [-0.2, 0) is 0 Å². The van der Waals surface area contributed by atoms with Crippen LogP contribution in [-0.4, -0.2) is 12.0 Å². The second kappa shape index (κ2) is 5.67. The summed E-state index contributed by atoms with van der Waals surface area (Å²) in [7, 11) is 1.68. The normalized spacial score (nSPS) is 24.0. The fourth-order valence-corrected chi connectivity index (χ4v) is 3.93. The highest BCUT2D eigenvalue weighted by atomic mass is 16.6. The predicted octanol–water partition coefficient (Wildman–Crippen LogP) is 4.43. The van der Waals surface area contributed by atoms with E-state index in [1.807, 2.05) is 24.3 Å². The van der Waals surface area contributed by atoms with Crippen LogP contribution in [0.4, 0.5) is 11.4 Å². The fourth-order valence-electron chi connectivity index (χ4n) is 3.93. The quantitative estimate of drug-likeness (QED) is 0.516. The Morgan fingerprint density at radius 3 is 2.83 bits per heavy atom. The summed E-state index contributed by atoms with van der Waals surface area (Å²) in [6.07, 6.45) is 5.30. The van der Waals surface area contributed by atoms with Crippen LogP contribution in [0.5, 0.6) is 5.75 Å². The van der Waals surface area contributed by atoms with E-state index in [2.05, 4.69) is 23.5 Å². The van der Waals surface area contributed by atoms with Crippen molar-refractivity contribution in [1.29, 1.82) is 0 Å². The van der Waals surface area contributed by atoms with Crippen molar-refractivity contribution in [2.24, 2.45) is 5.92 Å². The summed E-state index contributed by atoms with van der Waals surface area (Å²) < 4.78 is 5.54. The third kappa shape index (κ3) is 2.24. The van der Waals surface area contributed by atoms with Gasteiger partial charge in [-0.2, -0.15) is 0 Å². The zero-order valence-corrected chi connectivity index (χ0v) is 13.3. The molecule has 0 saturated carbocycles. The third-order valence-electron chi connectivity index (χ3n) is 5.03. The largest absolute Gasteiger partial charge is 0.496 e. The lowest BCUT2D eigenvalue weighted by atomic mass is 9.76. The highest BCUT2D eigenvalue weighted by Crippen LogP contribution is 2.51. The molecule has 0 bridgehead atoms. The molecule has 4 rings (SSSR count). The Morgan fingerprint density at radius 2 is 2.04 bits per heavy atom. The van der Waals surface area contributed by atoms with Crippen LogP contribution in [0.1, 0.15) is 29.5 Å². The lowest BCUT2D eigenvalue weighted by Gasteiger charge is -2.37. The second-order valence-corrected chi connectivity index (χ2v) is 6.25. The molecule has 0 unspecified atom stereocenters. The molecule has 0 aromatic heterocycles. The number of non-ortho nitro benzene ring substituents is 1. The third-order valence-corrected chi connectivity index (χ3v) is 5.03. The topological polar surface area (TPSA) is 64.4 Å². The summed E-state index contributed by atoms with van der Waals surface area (Å²) in [6.45, 7) is 0. The summed E-state index contributed by atoms with van der Waals surface area (Å²) in [4.78, 5) is 10.8. The van der Waals surface area contributed by atoms with Crippen molar-refractivity contribution in [2.45, 2.75) is 18.4 Å². The number of nitro benzene ring substituents is 1. The van der Waals surface area contributed by atoms with Gasteiger partial charge in [-0.1, -0.05) is 30.4 Å². The Kier molecular flexibility index (Phi) is 3.49. The highest BCUT2D eigenvalue weighted by molar-refractivity contribution is 5.63. The van der Waals surface area contributed by atoms with Gasteiger partial charge in [-0.15, -0.1) is 0 Å². The number of para-hydroxylation sites is 1. The first-order chi connectivity index (χ1) is 11.7. The van der Waals surface area contributed by atoms with Crippen molar-refractivity contribution >= 4 is 11.4 Å². The molecule has 0 spiro atoms. The van der Waals surface area contributed by atoms with E-state index in [4.69, 9.17) is 4.74 Å². The number of benzene rings is 2. The summed E-state index contributed by atoms with van der Waals surface area (Å²) in [5, 5.41) is 14.7.